The highest BCUT2D eigenvalue weighted by molar-refractivity contribution is 8.15. The molecule has 1 fully saturated rings. The molecule has 0 spiro atoms. The molecular weight excluding hydrogens is 420 g/mol. The summed E-state index contributed by atoms with van der Waals surface area (Å²) in [5.74, 6) is 0.778. The van der Waals surface area contributed by atoms with E-state index < -0.39 is 12.5 Å². The van der Waals surface area contributed by atoms with Crippen LogP contribution < -0.4 is 5.43 Å². The minimum atomic E-state index is -2.60. The van der Waals surface area contributed by atoms with E-state index in [2.05, 4.69) is 18.4 Å². The molecule has 3 rings (SSSR count). The molecular formula is C23H31F2N3O2S. The first-order chi connectivity index (χ1) is 14.9. The number of aliphatic imine (C=N–C) groups is 1. The summed E-state index contributed by atoms with van der Waals surface area (Å²) >= 11 is 1.15. The van der Waals surface area contributed by atoms with E-state index >= 15 is 0 Å². The van der Waals surface area contributed by atoms with Crippen LogP contribution in [0.15, 0.2) is 41.0 Å². The summed E-state index contributed by atoms with van der Waals surface area (Å²) in [4.78, 5) is 16.8. The first kappa shape index (κ1) is 23.7. The Morgan fingerprint density at radius 2 is 2.10 bits per heavy atom. The van der Waals surface area contributed by atoms with E-state index in [4.69, 9.17) is 9.73 Å². The van der Waals surface area contributed by atoms with E-state index in [1.54, 1.807) is 20.2 Å². The second-order valence-corrected chi connectivity index (χ2v) is 8.95. The molecule has 1 aliphatic carbocycles. The summed E-state index contributed by atoms with van der Waals surface area (Å²) in [6, 6.07) is 6.78. The van der Waals surface area contributed by atoms with Gasteiger partial charge in [-0.3, -0.25) is 4.79 Å². The number of alkyl halides is 2. The maximum absolute atomic E-state index is 13.7. The summed E-state index contributed by atoms with van der Waals surface area (Å²) in [5, 5.41) is 1.94. The number of hydrogen-bond acceptors (Lipinski definition) is 6. The number of para-hydroxylation sites is 1. The van der Waals surface area contributed by atoms with Crippen LogP contribution in [0.4, 0.5) is 14.5 Å². The Bertz CT molecular complexity index is 831. The van der Waals surface area contributed by atoms with Crippen LogP contribution in [0.5, 0.6) is 0 Å². The fraction of sp³-hybridized carbons (Fsp3) is 0.565. The zero-order chi connectivity index (χ0) is 22.4. The average Bonchev–Trinajstić information content (AvgIpc) is 3.38. The Labute approximate surface area is 187 Å². The lowest BCUT2D eigenvalue weighted by Gasteiger charge is -2.18. The minimum absolute atomic E-state index is 0.0210. The minimum Gasteiger partial charge on any atom is -0.465 e. The van der Waals surface area contributed by atoms with Gasteiger partial charge in [0.15, 0.2) is 0 Å². The molecule has 1 heterocycles. The molecule has 5 nitrogen and oxygen atoms in total. The van der Waals surface area contributed by atoms with Crippen LogP contribution in [0.25, 0.3) is 0 Å². The molecule has 1 aromatic carbocycles. The zero-order valence-electron chi connectivity index (χ0n) is 18.3. The van der Waals surface area contributed by atoms with Gasteiger partial charge >= 0.3 is 5.97 Å². The van der Waals surface area contributed by atoms with Gasteiger partial charge in [-0.1, -0.05) is 43.3 Å². The Morgan fingerprint density at radius 1 is 1.32 bits per heavy atom. The lowest BCUT2D eigenvalue weighted by atomic mass is 9.94. The summed E-state index contributed by atoms with van der Waals surface area (Å²) in [6.07, 6.45) is 3.64. The number of carbonyl (C=O) groups is 1. The molecule has 0 saturated heterocycles. The molecule has 0 amide bonds. The highest BCUT2D eigenvalue weighted by Gasteiger charge is 2.34. The average molecular weight is 452 g/mol. The highest BCUT2D eigenvalue weighted by Crippen LogP contribution is 2.43. The van der Waals surface area contributed by atoms with Crippen LogP contribution in [-0.4, -0.2) is 47.9 Å². The van der Waals surface area contributed by atoms with Crippen LogP contribution in [0, 0.1) is 5.92 Å². The van der Waals surface area contributed by atoms with Crippen LogP contribution >= 0.6 is 11.8 Å². The first-order valence-electron chi connectivity index (χ1n) is 10.9. The summed E-state index contributed by atoms with van der Waals surface area (Å²) < 4.78 is 32.4. The van der Waals surface area contributed by atoms with Crippen LogP contribution in [0.1, 0.15) is 51.0 Å². The molecule has 31 heavy (non-hydrogen) atoms. The third-order valence-corrected chi connectivity index (χ3v) is 6.84. The van der Waals surface area contributed by atoms with Gasteiger partial charge in [0.05, 0.1) is 18.0 Å². The molecule has 0 aromatic heterocycles. The predicted molar refractivity (Wildman–Crippen MR) is 122 cm³/mol. The molecule has 1 aromatic rings. The van der Waals surface area contributed by atoms with Crippen molar-refractivity contribution in [2.75, 3.05) is 19.4 Å². The molecule has 2 aliphatic rings. The number of hydrazine groups is 1. The number of nitrogens with one attached hydrogen (secondary N) is 1. The Balaban J connectivity index is 1.94. The number of thioether (sulfide) groups is 1. The second-order valence-electron chi connectivity index (χ2n) is 7.99. The number of benzene rings is 1. The standard InChI is InChI=1S/C23H31F2N3O2S/c1-4-15-10-11-16(12-15)17-8-6-7-9-19(17)26-23(31-14-20(29)30-5-2)18-13-28(3)27-21(18)22(24)25/h6-9,13,15-16,21-22,27H,4-5,10-12,14H2,1-3H3. The molecule has 3 unspecified atom stereocenters. The van der Waals surface area contributed by atoms with Crippen molar-refractivity contribution in [3.05, 3.63) is 41.6 Å². The number of nitrogens with zero attached hydrogens (tertiary/aromatic N) is 2. The van der Waals surface area contributed by atoms with Crippen molar-refractivity contribution >= 4 is 28.5 Å². The largest absolute Gasteiger partial charge is 0.465 e. The Kier molecular flexibility index (Phi) is 8.49. The summed E-state index contributed by atoms with van der Waals surface area (Å²) in [6.45, 7) is 4.24. The maximum Gasteiger partial charge on any atom is 0.316 e. The molecule has 170 valence electrons. The fourth-order valence-corrected chi connectivity index (χ4v) is 5.12. The quantitative estimate of drug-likeness (QED) is 0.331. The van der Waals surface area contributed by atoms with E-state index in [1.807, 2.05) is 18.2 Å². The predicted octanol–water partition coefficient (Wildman–Crippen LogP) is 5.27. The summed E-state index contributed by atoms with van der Waals surface area (Å²) in [7, 11) is 1.67. The third kappa shape index (κ3) is 6.07. The monoisotopic (exact) mass is 451 g/mol. The molecule has 3 atom stereocenters. The number of carbonyl (C=O) groups excluding carboxylic acids is 1. The SMILES string of the molecule is CCOC(=O)CSC(=Nc1ccccc1C1CCC(CC)C1)C1=CN(C)NC1C(F)F. The number of rotatable bonds is 8. The molecule has 1 aliphatic heterocycles. The third-order valence-electron chi connectivity index (χ3n) is 5.86. The zero-order valence-corrected chi connectivity index (χ0v) is 19.1. The van der Waals surface area contributed by atoms with Gasteiger partial charge in [0, 0.05) is 18.8 Å². The van der Waals surface area contributed by atoms with Gasteiger partial charge in [-0.2, -0.15) is 0 Å². The lowest BCUT2D eigenvalue weighted by molar-refractivity contribution is -0.139. The van der Waals surface area contributed by atoms with Gasteiger partial charge in [-0.15, -0.1) is 0 Å². The van der Waals surface area contributed by atoms with Crippen molar-refractivity contribution in [2.45, 2.75) is 57.9 Å². The second kappa shape index (κ2) is 11.1. The van der Waals surface area contributed by atoms with Crippen molar-refractivity contribution in [1.82, 2.24) is 10.4 Å². The Morgan fingerprint density at radius 3 is 2.77 bits per heavy atom. The van der Waals surface area contributed by atoms with Gasteiger partial charge in [-0.25, -0.2) is 19.2 Å². The number of ether oxygens (including phenoxy) is 1. The lowest BCUT2D eigenvalue weighted by Crippen LogP contribution is -2.39. The van der Waals surface area contributed by atoms with Gasteiger partial charge in [0.1, 0.15) is 11.1 Å². The maximum atomic E-state index is 13.7. The molecule has 1 saturated carbocycles. The highest BCUT2D eigenvalue weighted by atomic mass is 32.2. The normalized spacial score (nSPS) is 24.1. The first-order valence-corrected chi connectivity index (χ1v) is 11.9. The fourth-order valence-electron chi connectivity index (χ4n) is 4.28. The number of esters is 1. The van der Waals surface area contributed by atoms with Crippen molar-refractivity contribution in [1.29, 1.82) is 0 Å². The number of halogens is 2. The van der Waals surface area contributed by atoms with Gasteiger partial charge < -0.3 is 9.75 Å². The number of hydrogen-bond donors (Lipinski definition) is 1. The van der Waals surface area contributed by atoms with Gasteiger partial charge in [0.25, 0.3) is 6.43 Å². The molecule has 1 N–H and O–H groups in total. The van der Waals surface area contributed by atoms with E-state index in [-0.39, 0.29) is 18.3 Å². The van der Waals surface area contributed by atoms with E-state index in [1.165, 1.54) is 17.9 Å². The van der Waals surface area contributed by atoms with Crippen molar-refractivity contribution in [3.63, 3.8) is 0 Å². The van der Waals surface area contributed by atoms with Crippen LogP contribution in [0.3, 0.4) is 0 Å². The Hall–Kier alpha value is -1.93. The molecule has 0 bridgehead atoms. The summed E-state index contributed by atoms with van der Waals surface area (Å²) in [5.41, 5.74) is 5.08. The van der Waals surface area contributed by atoms with Gasteiger partial charge in [0.2, 0.25) is 0 Å². The van der Waals surface area contributed by atoms with Crippen molar-refractivity contribution in [2.24, 2.45) is 10.9 Å². The van der Waals surface area contributed by atoms with E-state index in [9.17, 15) is 13.6 Å². The van der Waals surface area contributed by atoms with Crippen LogP contribution in [-0.2, 0) is 9.53 Å². The van der Waals surface area contributed by atoms with Crippen molar-refractivity contribution < 1.29 is 18.3 Å². The van der Waals surface area contributed by atoms with Crippen LogP contribution in [0.2, 0.25) is 0 Å². The van der Waals surface area contributed by atoms with Gasteiger partial charge in [-0.05, 0) is 49.7 Å². The van der Waals surface area contributed by atoms with E-state index in [0.29, 0.717) is 16.5 Å². The smallest absolute Gasteiger partial charge is 0.316 e. The van der Waals surface area contributed by atoms with Crippen molar-refractivity contribution in [3.8, 4) is 0 Å². The topological polar surface area (TPSA) is 53.9 Å². The van der Waals surface area contributed by atoms with E-state index in [0.717, 1.165) is 41.8 Å². The molecule has 8 heteroatoms. The molecule has 0 radical (unpaired) electrons.